The predicted molar refractivity (Wildman–Crippen MR) is 79.7 cm³/mol. The molecule has 0 radical (unpaired) electrons. The zero-order chi connectivity index (χ0) is 13.0. The second-order valence-electron chi connectivity index (χ2n) is 4.04. The van der Waals surface area contributed by atoms with Crippen molar-refractivity contribution in [1.82, 2.24) is 10.3 Å². The molecule has 0 saturated heterocycles. The van der Waals surface area contributed by atoms with Crippen molar-refractivity contribution in [2.24, 2.45) is 0 Å². The third-order valence-corrected chi connectivity index (χ3v) is 3.43. The molecule has 0 aliphatic heterocycles. The molecular weight excluding hydrogens is 242 g/mol. The van der Waals surface area contributed by atoms with Crippen LogP contribution < -0.4 is 11.1 Å². The van der Waals surface area contributed by atoms with E-state index < -0.39 is 0 Å². The van der Waals surface area contributed by atoms with Gasteiger partial charge in [-0.2, -0.15) is 0 Å². The first kappa shape index (κ1) is 12.8. The fourth-order valence-electron chi connectivity index (χ4n) is 1.75. The maximum Gasteiger partial charge on any atom is 0.180 e. The Kier molecular flexibility index (Phi) is 4.12. The van der Waals surface area contributed by atoms with Gasteiger partial charge in [-0.25, -0.2) is 4.98 Å². The van der Waals surface area contributed by atoms with Gasteiger partial charge in [0.25, 0.3) is 0 Å². The van der Waals surface area contributed by atoms with Crippen LogP contribution >= 0.6 is 11.3 Å². The lowest BCUT2D eigenvalue weighted by Gasteiger charge is -2.00. The highest BCUT2D eigenvalue weighted by Gasteiger charge is 2.07. The van der Waals surface area contributed by atoms with E-state index in [1.54, 1.807) is 0 Å². The van der Waals surface area contributed by atoms with Gasteiger partial charge in [0.2, 0.25) is 0 Å². The molecular formula is C14H17N3S. The van der Waals surface area contributed by atoms with Gasteiger partial charge in [0.05, 0.1) is 5.69 Å². The van der Waals surface area contributed by atoms with Crippen LogP contribution in [0.1, 0.15) is 10.4 Å². The largest absolute Gasteiger partial charge is 0.375 e. The van der Waals surface area contributed by atoms with Crippen LogP contribution in [0, 0.1) is 6.92 Å². The summed E-state index contributed by atoms with van der Waals surface area (Å²) in [7, 11) is 1.93. The molecule has 3 N–H and O–H groups in total. The molecule has 1 aromatic carbocycles. The first-order valence-electron chi connectivity index (χ1n) is 5.85. The van der Waals surface area contributed by atoms with Crippen molar-refractivity contribution >= 4 is 22.5 Å². The molecule has 0 bridgehead atoms. The Labute approximate surface area is 111 Å². The summed E-state index contributed by atoms with van der Waals surface area (Å²) < 4.78 is 0. The number of nitrogen functional groups attached to an aromatic ring is 1. The number of nitrogens with zero attached hydrogens (tertiary/aromatic N) is 1. The molecule has 0 amide bonds. The maximum absolute atomic E-state index is 5.72. The molecule has 0 unspecified atom stereocenters. The zero-order valence-electron chi connectivity index (χ0n) is 10.6. The highest BCUT2D eigenvalue weighted by Crippen LogP contribution is 2.28. The lowest BCUT2D eigenvalue weighted by molar-refractivity contribution is 0.922. The van der Waals surface area contributed by atoms with Gasteiger partial charge >= 0.3 is 0 Å². The summed E-state index contributed by atoms with van der Waals surface area (Å²) in [4.78, 5) is 5.51. The number of nitrogens with two attached hydrogens (primary N) is 1. The number of anilines is 1. The zero-order valence-corrected chi connectivity index (χ0v) is 11.4. The van der Waals surface area contributed by atoms with Gasteiger partial charge in [0.1, 0.15) is 0 Å². The molecule has 2 aromatic rings. The average Bonchev–Trinajstić information content (AvgIpc) is 2.70. The predicted octanol–water partition coefficient (Wildman–Crippen LogP) is 2.93. The minimum Gasteiger partial charge on any atom is -0.375 e. The van der Waals surface area contributed by atoms with E-state index in [2.05, 4.69) is 46.7 Å². The Morgan fingerprint density at radius 3 is 2.61 bits per heavy atom. The number of nitrogens with one attached hydrogen (secondary N) is 1. The summed E-state index contributed by atoms with van der Waals surface area (Å²) in [5, 5.41) is 3.70. The van der Waals surface area contributed by atoms with E-state index in [-0.39, 0.29) is 0 Å². The number of likely N-dealkylation sites (N-methyl/N-ethyl adjacent to an activating group) is 1. The van der Waals surface area contributed by atoms with E-state index in [0.29, 0.717) is 5.13 Å². The third kappa shape index (κ3) is 2.97. The van der Waals surface area contributed by atoms with Crippen LogP contribution in [-0.4, -0.2) is 18.6 Å². The number of aromatic nitrogens is 1. The fraction of sp³-hybridized carbons (Fsp3) is 0.214. The molecule has 0 aliphatic carbocycles. The smallest absolute Gasteiger partial charge is 0.180 e. The van der Waals surface area contributed by atoms with E-state index in [9.17, 15) is 0 Å². The molecule has 0 fully saturated rings. The molecule has 0 saturated carbocycles. The topological polar surface area (TPSA) is 50.9 Å². The van der Waals surface area contributed by atoms with Crippen LogP contribution in [0.5, 0.6) is 0 Å². The van der Waals surface area contributed by atoms with E-state index in [4.69, 9.17) is 5.73 Å². The van der Waals surface area contributed by atoms with Crippen molar-refractivity contribution in [1.29, 1.82) is 0 Å². The van der Waals surface area contributed by atoms with Gasteiger partial charge in [-0.15, -0.1) is 11.3 Å². The van der Waals surface area contributed by atoms with E-state index in [1.165, 1.54) is 16.9 Å². The normalized spacial score (nSPS) is 11.2. The van der Waals surface area contributed by atoms with E-state index in [1.807, 2.05) is 14.0 Å². The molecule has 18 heavy (non-hydrogen) atoms. The van der Waals surface area contributed by atoms with Crippen molar-refractivity contribution in [3.05, 3.63) is 40.8 Å². The van der Waals surface area contributed by atoms with Crippen molar-refractivity contribution in [2.75, 3.05) is 19.3 Å². The van der Waals surface area contributed by atoms with Crippen LogP contribution in [0.3, 0.4) is 0 Å². The van der Waals surface area contributed by atoms with Crippen molar-refractivity contribution in [3.8, 4) is 11.3 Å². The summed E-state index contributed by atoms with van der Waals surface area (Å²) in [6.45, 7) is 2.92. The molecule has 0 aliphatic rings. The van der Waals surface area contributed by atoms with Crippen LogP contribution in [-0.2, 0) is 0 Å². The van der Waals surface area contributed by atoms with Crippen molar-refractivity contribution < 1.29 is 0 Å². The quantitative estimate of drug-likeness (QED) is 0.887. The molecule has 0 spiro atoms. The summed E-state index contributed by atoms with van der Waals surface area (Å²) in [5.74, 6) is 0. The molecule has 1 aromatic heterocycles. The van der Waals surface area contributed by atoms with Crippen LogP contribution in [0.15, 0.2) is 30.3 Å². The Hall–Kier alpha value is -1.65. The first-order chi connectivity index (χ1) is 8.70. The Morgan fingerprint density at radius 2 is 2.06 bits per heavy atom. The maximum atomic E-state index is 5.72. The molecule has 3 nitrogen and oxygen atoms in total. The standard InChI is InChI=1S/C14H17N3S/c1-10-13(17-14(15)18-10)12-7-5-11(6-8-12)4-3-9-16-2/h3-8,16H,9H2,1-2H3,(H2,15,17). The Morgan fingerprint density at radius 1 is 1.33 bits per heavy atom. The van der Waals surface area contributed by atoms with Gasteiger partial charge in [-0.05, 0) is 19.5 Å². The molecule has 94 valence electrons. The van der Waals surface area contributed by atoms with Gasteiger partial charge in [0.15, 0.2) is 5.13 Å². The Balaban J connectivity index is 2.19. The van der Waals surface area contributed by atoms with Crippen LogP contribution in [0.25, 0.3) is 17.3 Å². The van der Waals surface area contributed by atoms with Crippen molar-refractivity contribution in [2.45, 2.75) is 6.92 Å². The number of hydrogen-bond donors (Lipinski definition) is 2. The number of aryl methyl sites for hydroxylation is 1. The van der Waals surface area contributed by atoms with Crippen molar-refractivity contribution in [3.63, 3.8) is 0 Å². The Bertz CT molecular complexity index is 541. The molecule has 4 heteroatoms. The van der Waals surface area contributed by atoms with Crippen LogP contribution in [0.2, 0.25) is 0 Å². The lowest BCUT2D eigenvalue weighted by atomic mass is 10.1. The van der Waals surface area contributed by atoms with Gasteiger partial charge < -0.3 is 11.1 Å². The summed E-state index contributed by atoms with van der Waals surface area (Å²) >= 11 is 1.53. The molecule has 2 rings (SSSR count). The van der Waals surface area contributed by atoms with Gasteiger partial charge in [-0.1, -0.05) is 36.4 Å². The second-order valence-corrected chi connectivity index (χ2v) is 5.27. The third-order valence-electron chi connectivity index (χ3n) is 2.63. The summed E-state index contributed by atoms with van der Waals surface area (Å²) in [6, 6.07) is 8.36. The molecule has 1 heterocycles. The summed E-state index contributed by atoms with van der Waals surface area (Å²) in [5.41, 5.74) is 9.01. The number of hydrogen-bond acceptors (Lipinski definition) is 4. The monoisotopic (exact) mass is 259 g/mol. The van der Waals surface area contributed by atoms with Gasteiger partial charge in [-0.3, -0.25) is 0 Å². The highest BCUT2D eigenvalue weighted by molar-refractivity contribution is 7.15. The number of benzene rings is 1. The number of thiazole rings is 1. The average molecular weight is 259 g/mol. The van der Waals surface area contributed by atoms with E-state index in [0.717, 1.165) is 22.7 Å². The highest BCUT2D eigenvalue weighted by atomic mass is 32.1. The minimum atomic E-state index is 0.625. The second kappa shape index (κ2) is 5.80. The van der Waals surface area contributed by atoms with Gasteiger partial charge in [0, 0.05) is 17.0 Å². The van der Waals surface area contributed by atoms with E-state index >= 15 is 0 Å². The minimum absolute atomic E-state index is 0.625. The lowest BCUT2D eigenvalue weighted by Crippen LogP contribution is -2.03. The van der Waals surface area contributed by atoms with Crippen LogP contribution in [0.4, 0.5) is 5.13 Å². The fourth-order valence-corrected chi connectivity index (χ4v) is 2.46. The summed E-state index contributed by atoms with van der Waals surface area (Å²) in [6.07, 6.45) is 4.20. The first-order valence-corrected chi connectivity index (χ1v) is 6.67. The molecule has 0 atom stereocenters. The SMILES string of the molecule is CNCC=Cc1ccc(-c2nc(N)sc2C)cc1. The number of rotatable bonds is 4.